The van der Waals surface area contributed by atoms with E-state index in [4.69, 9.17) is 9.84 Å². The van der Waals surface area contributed by atoms with Gasteiger partial charge in [0, 0.05) is 18.7 Å². The van der Waals surface area contributed by atoms with Crippen molar-refractivity contribution < 1.29 is 14.6 Å². The van der Waals surface area contributed by atoms with Crippen molar-refractivity contribution in [1.29, 1.82) is 0 Å². The number of carboxylic acid groups (broad SMARTS) is 1. The number of carbonyl (C=O) groups is 1. The standard InChI is InChI=1S/C10H11NO3/c12-10(13)7-1-2-9-8(5-7)6-11-3-4-14-9/h1-2,5,11H,3-4,6H2,(H,12,13). The van der Waals surface area contributed by atoms with Gasteiger partial charge in [0.05, 0.1) is 5.56 Å². The number of ether oxygens (including phenoxy) is 1. The molecule has 2 rings (SSSR count). The van der Waals surface area contributed by atoms with Crippen molar-refractivity contribution in [2.75, 3.05) is 13.2 Å². The normalized spacial score (nSPS) is 15.1. The van der Waals surface area contributed by atoms with E-state index in [-0.39, 0.29) is 0 Å². The second kappa shape index (κ2) is 3.67. The summed E-state index contributed by atoms with van der Waals surface area (Å²) >= 11 is 0. The second-order valence-corrected chi connectivity index (χ2v) is 3.15. The largest absolute Gasteiger partial charge is 0.492 e. The predicted molar refractivity (Wildman–Crippen MR) is 50.6 cm³/mol. The molecule has 0 radical (unpaired) electrons. The fraction of sp³-hybridized carbons (Fsp3) is 0.300. The third kappa shape index (κ3) is 1.70. The molecule has 0 saturated heterocycles. The van der Waals surface area contributed by atoms with Gasteiger partial charge in [-0.3, -0.25) is 0 Å². The van der Waals surface area contributed by atoms with E-state index in [2.05, 4.69) is 5.32 Å². The Balaban J connectivity index is 2.37. The van der Waals surface area contributed by atoms with E-state index in [0.29, 0.717) is 18.7 Å². The second-order valence-electron chi connectivity index (χ2n) is 3.15. The highest BCUT2D eigenvalue weighted by Gasteiger charge is 2.11. The van der Waals surface area contributed by atoms with Crippen LogP contribution in [-0.4, -0.2) is 24.2 Å². The average Bonchev–Trinajstić information content (AvgIpc) is 2.41. The van der Waals surface area contributed by atoms with Gasteiger partial charge in [0.25, 0.3) is 0 Å². The minimum atomic E-state index is -0.906. The number of aromatic carboxylic acids is 1. The monoisotopic (exact) mass is 193 g/mol. The number of rotatable bonds is 1. The maximum absolute atomic E-state index is 10.7. The maximum atomic E-state index is 10.7. The molecule has 0 spiro atoms. The van der Waals surface area contributed by atoms with Gasteiger partial charge in [-0.25, -0.2) is 4.79 Å². The highest BCUT2D eigenvalue weighted by atomic mass is 16.5. The zero-order valence-corrected chi connectivity index (χ0v) is 7.62. The molecule has 0 bridgehead atoms. The van der Waals surface area contributed by atoms with Crippen LogP contribution >= 0.6 is 0 Å². The molecule has 1 aliphatic rings. The van der Waals surface area contributed by atoms with Crippen molar-refractivity contribution in [2.24, 2.45) is 0 Å². The molecule has 0 atom stereocenters. The zero-order valence-electron chi connectivity index (χ0n) is 7.62. The van der Waals surface area contributed by atoms with E-state index in [1.54, 1.807) is 18.2 Å². The first-order valence-electron chi connectivity index (χ1n) is 4.47. The quantitative estimate of drug-likeness (QED) is 0.694. The number of hydrogen-bond donors (Lipinski definition) is 2. The first kappa shape index (κ1) is 9.02. The van der Waals surface area contributed by atoms with Crippen LogP contribution in [0.15, 0.2) is 18.2 Å². The molecule has 14 heavy (non-hydrogen) atoms. The van der Waals surface area contributed by atoms with E-state index in [1.165, 1.54) is 0 Å². The van der Waals surface area contributed by atoms with Gasteiger partial charge in [0.1, 0.15) is 12.4 Å². The first-order valence-corrected chi connectivity index (χ1v) is 4.47. The van der Waals surface area contributed by atoms with Crippen molar-refractivity contribution in [1.82, 2.24) is 5.32 Å². The molecule has 0 fully saturated rings. The number of hydrogen-bond acceptors (Lipinski definition) is 3. The fourth-order valence-electron chi connectivity index (χ4n) is 1.45. The minimum absolute atomic E-state index is 0.302. The van der Waals surface area contributed by atoms with Crippen LogP contribution in [0, 0.1) is 0 Å². The molecule has 4 nitrogen and oxygen atoms in total. The van der Waals surface area contributed by atoms with E-state index >= 15 is 0 Å². The van der Waals surface area contributed by atoms with Crippen molar-refractivity contribution in [2.45, 2.75) is 6.54 Å². The molecule has 2 N–H and O–H groups in total. The number of nitrogens with one attached hydrogen (secondary N) is 1. The van der Waals surface area contributed by atoms with Gasteiger partial charge in [0.15, 0.2) is 0 Å². The molecule has 1 aromatic rings. The summed E-state index contributed by atoms with van der Waals surface area (Å²) < 4.78 is 5.43. The smallest absolute Gasteiger partial charge is 0.335 e. The molecule has 74 valence electrons. The van der Waals surface area contributed by atoms with Crippen LogP contribution in [0.25, 0.3) is 0 Å². The lowest BCUT2D eigenvalue weighted by molar-refractivity contribution is 0.0696. The highest BCUT2D eigenvalue weighted by molar-refractivity contribution is 5.88. The highest BCUT2D eigenvalue weighted by Crippen LogP contribution is 2.21. The number of benzene rings is 1. The summed E-state index contributed by atoms with van der Waals surface area (Å²) in [6.45, 7) is 2.08. The van der Waals surface area contributed by atoms with E-state index in [9.17, 15) is 4.79 Å². The Kier molecular flexibility index (Phi) is 2.37. The Morgan fingerprint density at radius 3 is 3.14 bits per heavy atom. The Morgan fingerprint density at radius 2 is 2.36 bits per heavy atom. The minimum Gasteiger partial charge on any atom is -0.492 e. The van der Waals surface area contributed by atoms with Crippen LogP contribution in [-0.2, 0) is 6.54 Å². The lowest BCUT2D eigenvalue weighted by atomic mass is 10.1. The zero-order chi connectivity index (χ0) is 9.97. The Hall–Kier alpha value is -1.55. The third-order valence-corrected chi connectivity index (χ3v) is 2.16. The molecular weight excluding hydrogens is 182 g/mol. The topological polar surface area (TPSA) is 58.6 Å². The van der Waals surface area contributed by atoms with Crippen LogP contribution in [0.5, 0.6) is 5.75 Å². The van der Waals surface area contributed by atoms with Crippen LogP contribution in [0.3, 0.4) is 0 Å². The number of carboxylic acids is 1. The summed E-state index contributed by atoms with van der Waals surface area (Å²) in [6, 6.07) is 4.92. The Morgan fingerprint density at radius 1 is 1.50 bits per heavy atom. The Bertz CT molecular complexity index is 362. The van der Waals surface area contributed by atoms with Crippen LogP contribution in [0.4, 0.5) is 0 Å². The molecular formula is C10H11NO3. The fourth-order valence-corrected chi connectivity index (χ4v) is 1.45. The summed E-state index contributed by atoms with van der Waals surface area (Å²) in [4.78, 5) is 10.7. The van der Waals surface area contributed by atoms with Gasteiger partial charge in [-0.05, 0) is 18.2 Å². The van der Waals surface area contributed by atoms with Gasteiger partial charge in [-0.1, -0.05) is 0 Å². The molecule has 4 heteroatoms. The maximum Gasteiger partial charge on any atom is 0.335 e. The van der Waals surface area contributed by atoms with Crippen molar-refractivity contribution in [3.8, 4) is 5.75 Å². The summed E-state index contributed by atoms with van der Waals surface area (Å²) in [7, 11) is 0. The first-order chi connectivity index (χ1) is 6.77. The molecule has 1 aromatic carbocycles. The van der Waals surface area contributed by atoms with E-state index in [0.717, 1.165) is 17.9 Å². The van der Waals surface area contributed by atoms with Gasteiger partial charge in [-0.15, -0.1) is 0 Å². The molecule has 0 unspecified atom stereocenters. The van der Waals surface area contributed by atoms with Crippen molar-refractivity contribution in [3.63, 3.8) is 0 Å². The van der Waals surface area contributed by atoms with E-state index in [1.807, 2.05) is 0 Å². The molecule has 0 amide bonds. The van der Waals surface area contributed by atoms with Crippen LogP contribution in [0.1, 0.15) is 15.9 Å². The lowest BCUT2D eigenvalue weighted by Gasteiger charge is -2.06. The summed E-state index contributed by atoms with van der Waals surface area (Å²) in [6.07, 6.45) is 0. The molecule has 0 saturated carbocycles. The van der Waals surface area contributed by atoms with Crippen molar-refractivity contribution in [3.05, 3.63) is 29.3 Å². The Labute approximate surface area is 81.5 Å². The summed E-state index contributed by atoms with van der Waals surface area (Å²) in [5.41, 5.74) is 1.21. The van der Waals surface area contributed by atoms with Gasteiger partial charge in [0.2, 0.25) is 0 Å². The molecule has 1 aliphatic heterocycles. The molecule has 0 aliphatic carbocycles. The predicted octanol–water partition coefficient (Wildman–Crippen LogP) is 0.867. The van der Waals surface area contributed by atoms with Crippen LogP contribution < -0.4 is 10.1 Å². The average molecular weight is 193 g/mol. The lowest BCUT2D eigenvalue weighted by Crippen LogP contribution is -2.16. The number of fused-ring (bicyclic) bond motifs is 1. The van der Waals surface area contributed by atoms with Crippen molar-refractivity contribution >= 4 is 5.97 Å². The SMILES string of the molecule is O=C(O)c1ccc2c(c1)CNCCO2. The summed E-state index contributed by atoms with van der Waals surface area (Å²) in [5, 5.41) is 11.9. The van der Waals surface area contributed by atoms with Gasteiger partial charge >= 0.3 is 5.97 Å². The van der Waals surface area contributed by atoms with Gasteiger partial charge in [-0.2, -0.15) is 0 Å². The van der Waals surface area contributed by atoms with Gasteiger partial charge < -0.3 is 15.2 Å². The molecule has 1 heterocycles. The van der Waals surface area contributed by atoms with E-state index < -0.39 is 5.97 Å². The van der Waals surface area contributed by atoms with Crippen LogP contribution in [0.2, 0.25) is 0 Å². The molecule has 0 aromatic heterocycles. The summed E-state index contributed by atoms with van der Waals surface area (Å²) in [5.74, 6) is -0.128. The third-order valence-electron chi connectivity index (χ3n) is 2.16.